The normalized spacial score (nSPS) is 40.2. The molecule has 0 saturated heterocycles. The van der Waals surface area contributed by atoms with E-state index in [2.05, 4.69) is 59.7 Å². The molecule has 4 atom stereocenters. The monoisotopic (exact) mass is 310 g/mol. The van der Waals surface area contributed by atoms with Crippen molar-refractivity contribution in [1.82, 2.24) is 0 Å². The molecule has 0 radical (unpaired) electrons. The standard InChI is InChI=1S/C23H34/c1-15-7-9-17-16(13-15)8-10-19-18(17)11-12-23(6)20(19)14-21(2,3)22(23,4)5/h7,9,13,18-20H,8,10-12,14H2,1-6H3/t18?,19?,20?,23-/m0/s1. The highest BCUT2D eigenvalue weighted by Crippen LogP contribution is 2.72. The van der Waals surface area contributed by atoms with E-state index in [1.165, 1.54) is 37.7 Å². The van der Waals surface area contributed by atoms with Gasteiger partial charge in [-0.05, 0) is 84.2 Å². The Hall–Kier alpha value is -0.780. The summed E-state index contributed by atoms with van der Waals surface area (Å²) in [6, 6.07) is 7.27. The molecule has 2 fully saturated rings. The second-order valence-corrected chi connectivity index (χ2v) is 10.3. The summed E-state index contributed by atoms with van der Waals surface area (Å²) in [7, 11) is 0. The Morgan fingerprint density at radius 2 is 1.74 bits per heavy atom. The van der Waals surface area contributed by atoms with Gasteiger partial charge in [-0.3, -0.25) is 0 Å². The van der Waals surface area contributed by atoms with Crippen LogP contribution in [0.4, 0.5) is 0 Å². The molecule has 3 unspecified atom stereocenters. The van der Waals surface area contributed by atoms with E-state index < -0.39 is 0 Å². The summed E-state index contributed by atoms with van der Waals surface area (Å²) in [5.74, 6) is 2.67. The summed E-state index contributed by atoms with van der Waals surface area (Å²) in [6.07, 6.45) is 6.99. The molecule has 1 aromatic carbocycles. The van der Waals surface area contributed by atoms with Gasteiger partial charge < -0.3 is 0 Å². The van der Waals surface area contributed by atoms with Gasteiger partial charge in [0.15, 0.2) is 0 Å². The highest BCUT2D eigenvalue weighted by molar-refractivity contribution is 5.38. The minimum atomic E-state index is 0.448. The van der Waals surface area contributed by atoms with Gasteiger partial charge in [0.05, 0.1) is 0 Å². The molecule has 0 N–H and O–H groups in total. The molecule has 0 aliphatic heterocycles. The summed E-state index contributed by atoms with van der Waals surface area (Å²) in [6.45, 7) is 15.1. The van der Waals surface area contributed by atoms with Crippen molar-refractivity contribution in [1.29, 1.82) is 0 Å². The number of aryl methyl sites for hydroxylation is 2. The third-order valence-corrected chi connectivity index (χ3v) is 9.12. The number of hydrogen-bond acceptors (Lipinski definition) is 0. The summed E-state index contributed by atoms with van der Waals surface area (Å²) < 4.78 is 0. The number of benzene rings is 1. The molecular weight excluding hydrogens is 276 g/mol. The lowest BCUT2D eigenvalue weighted by molar-refractivity contribution is -0.0321. The fourth-order valence-corrected chi connectivity index (χ4v) is 6.76. The average molecular weight is 311 g/mol. The topological polar surface area (TPSA) is 0 Å². The van der Waals surface area contributed by atoms with Crippen molar-refractivity contribution in [2.75, 3.05) is 0 Å². The summed E-state index contributed by atoms with van der Waals surface area (Å²) >= 11 is 0. The fourth-order valence-electron chi connectivity index (χ4n) is 6.76. The van der Waals surface area contributed by atoms with Crippen molar-refractivity contribution in [3.05, 3.63) is 34.9 Å². The van der Waals surface area contributed by atoms with Gasteiger partial charge >= 0.3 is 0 Å². The van der Waals surface area contributed by atoms with E-state index in [4.69, 9.17) is 0 Å². The molecule has 23 heavy (non-hydrogen) atoms. The summed E-state index contributed by atoms with van der Waals surface area (Å²) in [4.78, 5) is 0. The highest BCUT2D eigenvalue weighted by atomic mass is 14.7. The molecule has 0 heterocycles. The van der Waals surface area contributed by atoms with E-state index >= 15 is 0 Å². The van der Waals surface area contributed by atoms with Crippen molar-refractivity contribution in [3.63, 3.8) is 0 Å². The number of rotatable bonds is 0. The van der Waals surface area contributed by atoms with Crippen molar-refractivity contribution in [2.45, 2.75) is 79.6 Å². The van der Waals surface area contributed by atoms with Gasteiger partial charge in [0.1, 0.15) is 0 Å². The van der Waals surface area contributed by atoms with E-state index in [1.807, 2.05) is 0 Å². The summed E-state index contributed by atoms with van der Waals surface area (Å²) in [5, 5.41) is 0. The van der Waals surface area contributed by atoms with Gasteiger partial charge in [-0.25, -0.2) is 0 Å². The van der Waals surface area contributed by atoms with Crippen LogP contribution in [0.3, 0.4) is 0 Å². The maximum Gasteiger partial charge on any atom is -0.0128 e. The van der Waals surface area contributed by atoms with Gasteiger partial charge in [-0.2, -0.15) is 0 Å². The van der Waals surface area contributed by atoms with Gasteiger partial charge in [0.2, 0.25) is 0 Å². The number of hydrogen-bond donors (Lipinski definition) is 0. The van der Waals surface area contributed by atoms with E-state index in [-0.39, 0.29) is 0 Å². The maximum absolute atomic E-state index is 2.63. The van der Waals surface area contributed by atoms with E-state index in [1.54, 1.807) is 11.1 Å². The molecule has 2 saturated carbocycles. The Kier molecular flexibility index (Phi) is 3.18. The van der Waals surface area contributed by atoms with Crippen LogP contribution in [0.5, 0.6) is 0 Å². The SMILES string of the molecule is Cc1ccc2c(c1)CCC1C2CC[C@@]2(C)C1CC(C)(C)C2(C)C. The quantitative estimate of drug-likeness (QED) is 0.512. The van der Waals surface area contributed by atoms with Gasteiger partial charge in [-0.15, -0.1) is 0 Å². The van der Waals surface area contributed by atoms with Crippen LogP contribution in [-0.2, 0) is 6.42 Å². The molecule has 3 aliphatic carbocycles. The van der Waals surface area contributed by atoms with Gasteiger partial charge in [-0.1, -0.05) is 58.4 Å². The molecule has 126 valence electrons. The molecule has 0 amide bonds. The molecule has 0 bridgehead atoms. The van der Waals surface area contributed by atoms with Crippen LogP contribution in [0.2, 0.25) is 0 Å². The molecule has 4 rings (SSSR count). The van der Waals surface area contributed by atoms with Crippen molar-refractivity contribution in [2.24, 2.45) is 28.1 Å². The zero-order chi connectivity index (χ0) is 16.6. The molecule has 0 heteroatoms. The minimum Gasteiger partial charge on any atom is -0.0594 e. The lowest BCUT2D eigenvalue weighted by Gasteiger charge is -2.54. The predicted octanol–water partition coefficient (Wildman–Crippen LogP) is 6.51. The van der Waals surface area contributed by atoms with Crippen LogP contribution in [0.15, 0.2) is 18.2 Å². The van der Waals surface area contributed by atoms with Crippen LogP contribution in [0, 0.1) is 35.0 Å². The van der Waals surface area contributed by atoms with Crippen LogP contribution < -0.4 is 0 Å². The first kappa shape index (κ1) is 15.7. The van der Waals surface area contributed by atoms with E-state index in [0.717, 1.165) is 17.8 Å². The fraction of sp³-hybridized carbons (Fsp3) is 0.739. The maximum atomic E-state index is 2.63. The Morgan fingerprint density at radius 3 is 2.48 bits per heavy atom. The lowest BCUT2D eigenvalue weighted by Crippen LogP contribution is -2.46. The zero-order valence-electron chi connectivity index (χ0n) is 16.0. The van der Waals surface area contributed by atoms with Crippen LogP contribution >= 0.6 is 0 Å². The summed E-state index contributed by atoms with van der Waals surface area (Å²) in [5.41, 5.74) is 6.24. The Balaban J connectivity index is 1.75. The van der Waals surface area contributed by atoms with Gasteiger partial charge in [0, 0.05) is 0 Å². The Labute approximate surface area is 143 Å². The molecule has 1 aromatic rings. The van der Waals surface area contributed by atoms with Gasteiger partial charge in [0.25, 0.3) is 0 Å². The van der Waals surface area contributed by atoms with Crippen molar-refractivity contribution < 1.29 is 0 Å². The first-order valence-corrected chi connectivity index (χ1v) is 9.77. The second kappa shape index (κ2) is 4.64. The first-order valence-electron chi connectivity index (χ1n) is 9.77. The highest BCUT2D eigenvalue weighted by Gasteiger charge is 2.64. The first-order chi connectivity index (χ1) is 10.7. The second-order valence-electron chi connectivity index (χ2n) is 10.3. The van der Waals surface area contributed by atoms with Crippen LogP contribution in [-0.4, -0.2) is 0 Å². The van der Waals surface area contributed by atoms with Crippen LogP contribution in [0.1, 0.15) is 82.9 Å². The average Bonchev–Trinajstić information content (AvgIpc) is 2.62. The predicted molar refractivity (Wildman–Crippen MR) is 98.7 cm³/mol. The Bertz CT molecular complexity index is 635. The molecule has 0 aromatic heterocycles. The molecule has 0 spiro atoms. The van der Waals surface area contributed by atoms with Crippen molar-refractivity contribution >= 4 is 0 Å². The van der Waals surface area contributed by atoms with Crippen LogP contribution in [0.25, 0.3) is 0 Å². The smallest absolute Gasteiger partial charge is 0.0128 e. The lowest BCUT2D eigenvalue weighted by atomic mass is 9.50. The third kappa shape index (κ3) is 1.90. The third-order valence-electron chi connectivity index (χ3n) is 9.12. The van der Waals surface area contributed by atoms with Crippen molar-refractivity contribution in [3.8, 4) is 0 Å². The number of fused-ring (bicyclic) bond motifs is 5. The molecule has 0 nitrogen and oxygen atoms in total. The Morgan fingerprint density at radius 1 is 1.00 bits per heavy atom. The minimum absolute atomic E-state index is 0.448. The molecule has 3 aliphatic rings. The van der Waals surface area contributed by atoms with E-state index in [9.17, 15) is 0 Å². The zero-order valence-corrected chi connectivity index (χ0v) is 16.0. The largest absolute Gasteiger partial charge is 0.0594 e. The van der Waals surface area contributed by atoms with E-state index in [0.29, 0.717) is 16.2 Å². The molecular formula is C23H34.